The van der Waals surface area contributed by atoms with Crippen LogP contribution in [0.3, 0.4) is 0 Å². The fourth-order valence-corrected chi connectivity index (χ4v) is 2.56. The number of imidazole rings is 1. The molecule has 7 heteroatoms. The highest BCUT2D eigenvalue weighted by molar-refractivity contribution is 6.00. The molecule has 0 saturated heterocycles. The Morgan fingerprint density at radius 1 is 1.00 bits per heavy atom. The van der Waals surface area contributed by atoms with Crippen LogP contribution in [-0.4, -0.2) is 33.4 Å². The summed E-state index contributed by atoms with van der Waals surface area (Å²) in [6.45, 7) is 0.418. The number of aryl methyl sites for hydroxylation is 1. The molecule has 0 atom stereocenters. The topological polar surface area (TPSA) is 79.3 Å². The molecule has 3 amide bonds. The summed E-state index contributed by atoms with van der Waals surface area (Å²) >= 11 is 0. The average Bonchev–Trinajstić information content (AvgIpc) is 3.07. The summed E-state index contributed by atoms with van der Waals surface area (Å²) in [5.41, 5.74) is 1.85. The Labute approximate surface area is 157 Å². The van der Waals surface area contributed by atoms with Crippen molar-refractivity contribution in [2.24, 2.45) is 7.05 Å². The highest BCUT2D eigenvalue weighted by Gasteiger charge is 2.14. The normalized spacial score (nSPS) is 10.3. The molecule has 0 radical (unpaired) electrons. The molecule has 0 fully saturated rings. The zero-order valence-corrected chi connectivity index (χ0v) is 15.2. The van der Waals surface area contributed by atoms with E-state index in [1.165, 1.54) is 0 Å². The van der Waals surface area contributed by atoms with Gasteiger partial charge in [-0.2, -0.15) is 0 Å². The predicted octanol–water partition coefficient (Wildman–Crippen LogP) is 3.34. The van der Waals surface area contributed by atoms with Crippen LogP contribution < -0.4 is 10.6 Å². The average molecular weight is 363 g/mol. The minimum Gasteiger partial charge on any atom is -0.337 e. The number of urea groups is 1. The molecule has 3 aromatic rings. The van der Waals surface area contributed by atoms with E-state index in [2.05, 4.69) is 15.6 Å². The lowest BCUT2D eigenvalue weighted by Gasteiger charge is -2.17. The maximum atomic E-state index is 12.5. The molecule has 0 aliphatic heterocycles. The van der Waals surface area contributed by atoms with Crippen LogP contribution in [0.5, 0.6) is 0 Å². The Morgan fingerprint density at radius 3 is 2.22 bits per heavy atom. The molecule has 0 aliphatic carbocycles. The van der Waals surface area contributed by atoms with Crippen molar-refractivity contribution in [3.05, 3.63) is 78.4 Å². The molecule has 0 saturated carbocycles. The van der Waals surface area contributed by atoms with Gasteiger partial charge in [0.15, 0.2) is 0 Å². The summed E-state index contributed by atoms with van der Waals surface area (Å²) in [5, 5.41) is 5.48. The third-order valence-electron chi connectivity index (χ3n) is 4.07. The summed E-state index contributed by atoms with van der Waals surface area (Å²) in [5.74, 6) is 0.694. The van der Waals surface area contributed by atoms with Gasteiger partial charge < -0.3 is 20.1 Å². The first-order valence-corrected chi connectivity index (χ1v) is 8.48. The lowest BCUT2D eigenvalue weighted by Crippen LogP contribution is -2.27. The smallest absolute Gasteiger partial charge is 0.323 e. The van der Waals surface area contributed by atoms with Gasteiger partial charge in [-0.15, -0.1) is 0 Å². The highest BCUT2D eigenvalue weighted by atomic mass is 16.2. The van der Waals surface area contributed by atoms with E-state index in [1.807, 2.05) is 36.0 Å². The van der Waals surface area contributed by atoms with Gasteiger partial charge >= 0.3 is 6.03 Å². The maximum absolute atomic E-state index is 12.5. The Hall–Kier alpha value is -3.61. The predicted molar refractivity (Wildman–Crippen MR) is 105 cm³/mol. The second-order valence-corrected chi connectivity index (χ2v) is 6.14. The van der Waals surface area contributed by atoms with E-state index in [0.717, 1.165) is 5.82 Å². The molecule has 138 valence electrons. The molecule has 27 heavy (non-hydrogen) atoms. The summed E-state index contributed by atoms with van der Waals surface area (Å²) < 4.78 is 1.88. The fraction of sp³-hybridized carbons (Fsp3) is 0.150. The van der Waals surface area contributed by atoms with Crippen molar-refractivity contribution in [3.8, 4) is 0 Å². The number of benzene rings is 2. The van der Waals surface area contributed by atoms with Gasteiger partial charge in [0.2, 0.25) is 0 Å². The van der Waals surface area contributed by atoms with Crippen molar-refractivity contribution in [1.82, 2.24) is 14.5 Å². The fourth-order valence-electron chi connectivity index (χ4n) is 2.56. The molecule has 0 bridgehead atoms. The van der Waals surface area contributed by atoms with E-state index in [1.54, 1.807) is 54.5 Å². The molecule has 1 aromatic heterocycles. The van der Waals surface area contributed by atoms with Gasteiger partial charge in [-0.3, -0.25) is 4.79 Å². The van der Waals surface area contributed by atoms with Crippen LogP contribution in [0.2, 0.25) is 0 Å². The van der Waals surface area contributed by atoms with Crippen molar-refractivity contribution in [2.45, 2.75) is 6.54 Å². The van der Waals surface area contributed by atoms with E-state index in [-0.39, 0.29) is 11.9 Å². The molecule has 2 aromatic carbocycles. The second kappa shape index (κ2) is 8.18. The summed E-state index contributed by atoms with van der Waals surface area (Å²) in [7, 11) is 3.62. The Bertz CT molecular complexity index is 919. The second-order valence-electron chi connectivity index (χ2n) is 6.14. The van der Waals surface area contributed by atoms with Crippen molar-refractivity contribution in [3.63, 3.8) is 0 Å². The van der Waals surface area contributed by atoms with Crippen molar-refractivity contribution in [2.75, 3.05) is 17.7 Å². The third-order valence-corrected chi connectivity index (χ3v) is 4.07. The molecule has 2 N–H and O–H groups in total. The van der Waals surface area contributed by atoms with Crippen LogP contribution in [0.25, 0.3) is 0 Å². The lowest BCUT2D eigenvalue weighted by atomic mass is 10.2. The van der Waals surface area contributed by atoms with Gasteiger partial charge in [-0.25, -0.2) is 9.78 Å². The van der Waals surface area contributed by atoms with Gasteiger partial charge in [0.25, 0.3) is 5.91 Å². The molecular formula is C20H21N5O2. The van der Waals surface area contributed by atoms with Gasteiger partial charge in [-0.05, 0) is 36.4 Å². The van der Waals surface area contributed by atoms with Gasteiger partial charge in [0.05, 0.1) is 6.54 Å². The third kappa shape index (κ3) is 4.72. The zero-order valence-electron chi connectivity index (χ0n) is 15.2. The molecule has 0 spiro atoms. The largest absolute Gasteiger partial charge is 0.337 e. The molecule has 0 aliphatic rings. The number of nitrogens with one attached hydrogen (secondary N) is 2. The van der Waals surface area contributed by atoms with E-state index >= 15 is 0 Å². The molecule has 3 rings (SSSR count). The van der Waals surface area contributed by atoms with E-state index < -0.39 is 0 Å². The maximum Gasteiger partial charge on any atom is 0.323 e. The number of anilines is 2. The lowest BCUT2D eigenvalue weighted by molar-refractivity contribution is 0.0780. The standard InChI is InChI=1S/C20H21N5O2/c1-24-13-12-21-18(24)14-25(2)19(26)15-8-10-17(11-9-15)23-20(27)22-16-6-4-3-5-7-16/h3-13H,14H2,1-2H3,(H2,22,23,27). The van der Waals surface area contributed by atoms with Crippen LogP contribution in [0.4, 0.5) is 16.2 Å². The molecular weight excluding hydrogens is 342 g/mol. The highest BCUT2D eigenvalue weighted by Crippen LogP contribution is 2.13. The van der Waals surface area contributed by atoms with Crippen molar-refractivity contribution in [1.29, 1.82) is 0 Å². The zero-order chi connectivity index (χ0) is 19.2. The van der Waals surface area contributed by atoms with Crippen molar-refractivity contribution < 1.29 is 9.59 Å². The summed E-state index contributed by atoms with van der Waals surface area (Å²) in [6, 6.07) is 15.6. The van der Waals surface area contributed by atoms with Gasteiger partial charge in [-0.1, -0.05) is 18.2 Å². The number of aromatic nitrogens is 2. The van der Waals surface area contributed by atoms with E-state index in [4.69, 9.17) is 0 Å². The van der Waals surface area contributed by atoms with E-state index in [0.29, 0.717) is 23.5 Å². The number of hydrogen-bond donors (Lipinski definition) is 2. The first-order valence-electron chi connectivity index (χ1n) is 8.48. The van der Waals surface area contributed by atoms with Crippen LogP contribution in [0.15, 0.2) is 67.0 Å². The molecule has 7 nitrogen and oxygen atoms in total. The van der Waals surface area contributed by atoms with Crippen LogP contribution in [0, 0.1) is 0 Å². The quantitative estimate of drug-likeness (QED) is 0.730. The van der Waals surface area contributed by atoms with Crippen LogP contribution >= 0.6 is 0 Å². The monoisotopic (exact) mass is 363 g/mol. The Kier molecular flexibility index (Phi) is 5.51. The number of amides is 3. The summed E-state index contributed by atoms with van der Waals surface area (Å²) in [6.07, 6.45) is 3.54. The number of carbonyl (C=O) groups excluding carboxylic acids is 2. The van der Waals surface area contributed by atoms with E-state index in [9.17, 15) is 9.59 Å². The van der Waals surface area contributed by atoms with Gasteiger partial charge in [0.1, 0.15) is 5.82 Å². The number of nitrogens with zero attached hydrogens (tertiary/aromatic N) is 3. The van der Waals surface area contributed by atoms with Crippen molar-refractivity contribution >= 4 is 23.3 Å². The summed E-state index contributed by atoms with van der Waals surface area (Å²) in [4.78, 5) is 30.4. The van der Waals surface area contributed by atoms with Gasteiger partial charge in [0, 0.05) is 43.4 Å². The number of hydrogen-bond acceptors (Lipinski definition) is 3. The number of rotatable bonds is 5. The molecule has 1 heterocycles. The van der Waals surface area contributed by atoms with Crippen LogP contribution in [-0.2, 0) is 13.6 Å². The first kappa shape index (κ1) is 18.2. The number of para-hydroxylation sites is 1. The minimum absolute atomic E-state index is 0.113. The number of carbonyl (C=O) groups is 2. The molecule has 0 unspecified atom stereocenters. The SMILES string of the molecule is CN(Cc1nccn1C)C(=O)c1ccc(NC(=O)Nc2ccccc2)cc1. The van der Waals surface area contributed by atoms with Crippen LogP contribution in [0.1, 0.15) is 16.2 Å². The Morgan fingerprint density at radius 2 is 1.63 bits per heavy atom. The Balaban J connectivity index is 1.58. The first-order chi connectivity index (χ1) is 13.0. The minimum atomic E-state index is -0.341.